The molecular formula is C24H25N3O6S. The lowest BCUT2D eigenvalue weighted by atomic mass is 10.0. The van der Waals surface area contributed by atoms with Crippen molar-refractivity contribution < 1.29 is 22.9 Å². The third-order valence-electron chi connectivity index (χ3n) is 5.51. The molecule has 178 valence electrons. The second kappa shape index (κ2) is 10.4. The maximum Gasteiger partial charge on any atom is 0.274 e. The Kier molecular flexibility index (Phi) is 7.64. The molecular weight excluding hydrogens is 458 g/mol. The summed E-state index contributed by atoms with van der Waals surface area (Å²) >= 11 is 0. The number of hydrogen-bond acceptors (Lipinski definition) is 6. The predicted octanol–water partition coefficient (Wildman–Crippen LogP) is 4.30. The molecule has 3 aromatic carbocycles. The monoisotopic (exact) mass is 483 g/mol. The van der Waals surface area contributed by atoms with Crippen LogP contribution in [0.2, 0.25) is 0 Å². The van der Waals surface area contributed by atoms with E-state index in [1.54, 1.807) is 55.5 Å². The van der Waals surface area contributed by atoms with Gasteiger partial charge in [0.15, 0.2) is 0 Å². The van der Waals surface area contributed by atoms with Crippen molar-refractivity contribution in [1.29, 1.82) is 0 Å². The lowest BCUT2D eigenvalue weighted by Gasteiger charge is -2.28. The third-order valence-corrected chi connectivity index (χ3v) is 7.40. The Morgan fingerprint density at radius 1 is 1.06 bits per heavy atom. The van der Waals surface area contributed by atoms with Crippen molar-refractivity contribution in [2.75, 3.05) is 19.5 Å². The number of methoxy groups -OCH3 is 1. The van der Waals surface area contributed by atoms with Crippen LogP contribution in [-0.4, -0.2) is 37.7 Å². The first-order valence-corrected chi connectivity index (χ1v) is 11.8. The summed E-state index contributed by atoms with van der Waals surface area (Å²) in [5.74, 6) is 0.104. The zero-order valence-electron chi connectivity index (χ0n) is 19.0. The summed E-state index contributed by atoms with van der Waals surface area (Å²) in [6.07, 6.45) is -0.211. The minimum atomic E-state index is -3.91. The van der Waals surface area contributed by atoms with Gasteiger partial charge in [0.05, 0.1) is 34.2 Å². The number of carbonyl (C=O) groups excluding carboxylic acids is 1. The van der Waals surface area contributed by atoms with Gasteiger partial charge < -0.3 is 10.1 Å². The highest BCUT2D eigenvalue weighted by molar-refractivity contribution is 7.89. The molecule has 0 saturated carbocycles. The van der Waals surface area contributed by atoms with Gasteiger partial charge in [-0.1, -0.05) is 36.4 Å². The van der Waals surface area contributed by atoms with E-state index in [1.165, 1.54) is 38.4 Å². The molecule has 0 aliphatic heterocycles. The number of sulfonamides is 1. The van der Waals surface area contributed by atoms with E-state index in [0.717, 1.165) is 4.31 Å². The summed E-state index contributed by atoms with van der Waals surface area (Å²) in [4.78, 5) is 23.8. The summed E-state index contributed by atoms with van der Waals surface area (Å²) in [5, 5.41) is 13.9. The Morgan fingerprint density at radius 2 is 1.71 bits per heavy atom. The normalized spacial score (nSPS) is 12.2. The van der Waals surface area contributed by atoms with Crippen LogP contribution in [0.3, 0.4) is 0 Å². The maximum atomic E-state index is 13.3. The van der Waals surface area contributed by atoms with E-state index in [2.05, 4.69) is 5.32 Å². The number of ether oxygens (including phenoxy) is 1. The summed E-state index contributed by atoms with van der Waals surface area (Å²) < 4.78 is 32.9. The molecule has 9 nitrogen and oxygen atoms in total. The number of carbonyl (C=O) groups is 1. The highest BCUT2D eigenvalue weighted by Crippen LogP contribution is 2.31. The third kappa shape index (κ3) is 5.41. The number of rotatable bonds is 9. The predicted molar refractivity (Wildman–Crippen MR) is 128 cm³/mol. The fourth-order valence-electron chi connectivity index (χ4n) is 3.54. The highest BCUT2D eigenvalue weighted by Gasteiger charge is 2.31. The van der Waals surface area contributed by atoms with Crippen LogP contribution in [0.25, 0.3) is 0 Å². The lowest BCUT2D eigenvalue weighted by molar-refractivity contribution is -0.385. The quantitative estimate of drug-likeness (QED) is 0.358. The zero-order chi connectivity index (χ0) is 24.9. The molecule has 0 unspecified atom stereocenters. The number of nitro groups is 1. The summed E-state index contributed by atoms with van der Waals surface area (Å²) in [6, 6.07) is 18.3. The molecule has 10 heteroatoms. The first kappa shape index (κ1) is 24.9. The number of nitro benzene ring substituents is 1. The van der Waals surface area contributed by atoms with Gasteiger partial charge in [-0.15, -0.1) is 0 Å². The van der Waals surface area contributed by atoms with Gasteiger partial charge in [0.2, 0.25) is 15.9 Å². The second-order valence-electron chi connectivity index (χ2n) is 7.58. The molecule has 0 spiro atoms. The highest BCUT2D eigenvalue weighted by atomic mass is 32.2. The molecule has 0 heterocycles. The molecule has 0 fully saturated rings. The molecule has 3 aromatic rings. The van der Waals surface area contributed by atoms with Crippen molar-refractivity contribution >= 4 is 27.3 Å². The van der Waals surface area contributed by atoms with Crippen LogP contribution in [-0.2, 0) is 14.8 Å². The number of nitrogens with one attached hydrogen (secondary N) is 1. The molecule has 1 N–H and O–H groups in total. The van der Waals surface area contributed by atoms with Crippen LogP contribution < -0.4 is 10.1 Å². The van der Waals surface area contributed by atoms with Crippen LogP contribution in [0, 0.1) is 17.0 Å². The van der Waals surface area contributed by atoms with Crippen LogP contribution >= 0.6 is 0 Å². The Labute approximate surface area is 198 Å². The molecule has 3 rings (SSSR count). The average molecular weight is 484 g/mol. The Morgan fingerprint density at radius 3 is 2.29 bits per heavy atom. The van der Waals surface area contributed by atoms with E-state index in [0.29, 0.717) is 22.6 Å². The van der Waals surface area contributed by atoms with Crippen molar-refractivity contribution in [3.8, 4) is 5.75 Å². The van der Waals surface area contributed by atoms with E-state index < -0.39 is 26.9 Å². The first-order chi connectivity index (χ1) is 16.1. The first-order valence-electron chi connectivity index (χ1n) is 10.4. The largest absolute Gasteiger partial charge is 0.497 e. The molecule has 0 radical (unpaired) electrons. The van der Waals surface area contributed by atoms with E-state index in [1.807, 2.05) is 0 Å². The molecule has 34 heavy (non-hydrogen) atoms. The SMILES string of the molecule is COc1ccc([C@H](CC(=O)Nc2cccc([N+](=O)[O-])c2C)N(C)S(=O)(=O)c2ccccc2)cc1. The Balaban J connectivity index is 1.93. The topological polar surface area (TPSA) is 119 Å². The molecule has 0 bridgehead atoms. The summed E-state index contributed by atoms with van der Waals surface area (Å²) in [6.45, 7) is 1.54. The summed E-state index contributed by atoms with van der Waals surface area (Å²) in [5.41, 5.74) is 1.08. The van der Waals surface area contributed by atoms with Gasteiger partial charge in [-0.25, -0.2) is 8.42 Å². The smallest absolute Gasteiger partial charge is 0.274 e. The maximum absolute atomic E-state index is 13.3. The Bertz CT molecular complexity index is 1280. The average Bonchev–Trinajstić information content (AvgIpc) is 2.84. The van der Waals surface area contributed by atoms with Crippen molar-refractivity contribution in [1.82, 2.24) is 4.31 Å². The fraction of sp³-hybridized carbons (Fsp3) is 0.208. The number of anilines is 1. The van der Waals surface area contributed by atoms with Gasteiger partial charge in [-0.2, -0.15) is 4.31 Å². The number of hydrogen-bond donors (Lipinski definition) is 1. The molecule has 0 aliphatic rings. The second-order valence-corrected chi connectivity index (χ2v) is 9.58. The standard InChI is InChI=1S/C24H25N3O6S/c1-17-21(10-7-11-22(17)27(29)30)25-24(28)16-23(18-12-14-19(33-3)15-13-18)26(2)34(31,32)20-8-5-4-6-9-20/h4-15,23H,16H2,1-3H3,(H,25,28)/t23-/m0/s1. The van der Waals surface area contributed by atoms with Crippen LogP contribution in [0.1, 0.15) is 23.6 Å². The zero-order valence-corrected chi connectivity index (χ0v) is 19.8. The van der Waals surface area contributed by atoms with Gasteiger partial charge in [0.25, 0.3) is 5.69 Å². The van der Waals surface area contributed by atoms with Crippen LogP contribution in [0.4, 0.5) is 11.4 Å². The minimum Gasteiger partial charge on any atom is -0.497 e. The molecule has 0 aliphatic carbocycles. The van der Waals surface area contributed by atoms with E-state index >= 15 is 0 Å². The van der Waals surface area contributed by atoms with Crippen LogP contribution in [0.15, 0.2) is 77.7 Å². The summed E-state index contributed by atoms with van der Waals surface area (Å²) in [7, 11) is -0.973. The molecule has 1 amide bonds. The van der Waals surface area contributed by atoms with E-state index in [-0.39, 0.29) is 17.0 Å². The van der Waals surface area contributed by atoms with Crippen molar-refractivity contribution in [2.45, 2.75) is 24.3 Å². The fourth-order valence-corrected chi connectivity index (χ4v) is 4.91. The molecule has 1 atom stereocenters. The molecule has 0 aromatic heterocycles. The minimum absolute atomic E-state index is 0.103. The number of amides is 1. The van der Waals surface area contributed by atoms with Crippen LogP contribution in [0.5, 0.6) is 5.75 Å². The van der Waals surface area contributed by atoms with Gasteiger partial charge in [-0.05, 0) is 42.8 Å². The lowest BCUT2D eigenvalue weighted by Crippen LogP contribution is -2.34. The van der Waals surface area contributed by atoms with Crippen molar-refractivity contribution in [3.63, 3.8) is 0 Å². The van der Waals surface area contributed by atoms with E-state index in [9.17, 15) is 23.3 Å². The van der Waals surface area contributed by atoms with Gasteiger partial charge in [-0.3, -0.25) is 14.9 Å². The van der Waals surface area contributed by atoms with Crippen molar-refractivity contribution in [2.24, 2.45) is 0 Å². The van der Waals surface area contributed by atoms with Crippen molar-refractivity contribution in [3.05, 3.63) is 94.0 Å². The van der Waals surface area contributed by atoms with Gasteiger partial charge in [0, 0.05) is 19.5 Å². The number of nitrogens with zero attached hydrogens (tertiary/aromatic N) is 2. The van der Waals surface area contributed by atoms with E-state index in [4.69, 9.17) is 4.74 Å². The van der Waals surface area contributed by atoms with Gasteiger partial charge >= 0.3 is 0 Å². The van der Waals surface area contributed by atoms with Gasteiger partial charge in [0.1, 0.15) is 5.75 Å². The number of benzene rings is 3. The molecule has 0 saturated heterocycles. The Hall–Kier alpha value is -3.76.